The van der Waals surface area contributed by atoms with Gasteiger partial charge in [-0.05, 0) is 19.3 Å². The molecule has 1 aromatic heterocycles. The van der Waals surface area contributed by atoms with Gasteiger partial charge in [-0.25, -0.2) is 0 Å². The molecule has 0 aliphatic heterocycles. The number of rotatable bonds is 4. The maximum Gasteiger partial charge on any atom is 0.0830 e. The summed E-state index contributed by atoms with van der Waals surface area (Å²) in [6.45, 7) is 4.20. The molecule has 0 aromatic carbocycles. The standard InChI is InChI=1S/C9H18N4/c1-4-8(7(2)10)5-9-6-13(3)12-11-9/h6-8H,4-5,10H2,1-3H3. The van der Waals surface area contributed by atoms with E-state index in [0.717, 1.165) is 18.5 Å². The van der Waals surface area contributed by atoms with Crippen LogP contribution in [-0.4, -0.2) is 21.0 Å². The lowest BCUT2D eigenvalue weighted by Crippen LogP contribution is -2.27. The Morgan fingerprint density at radius 2 is 2.31 bits per heavy atom. The highest BCUT2D eigenvalue weighted by molar-refractivity contribution is 4.94. The van der Waals surface area contributed by atoms with Gasteiger partial charge in [0.25, 0.3) is 0 Å². The predicted octanol–water partition coefficient (Wildman–Crippen LogP) is 0.731. The molecule has 13 heavy (non-hydrogen) atoms. The Bertz CT molecular complexity index is 254. The normalized spacial score (nSPS) is 15.7. The minimum absolute atomic E-state index is 0.229. The Balaban J connectivity index is 2.56. The third kappa shape index (κ3) is 2.81. The fraction of sp³-hybridized carbons (Fsp3) is 0.778. The van der Waals surface area contributed by atoms with Crippen molar-refractivity contribution in [1.82, 2.24) is 15.0 Å². The minimum Gasteiger partial charge on any atom is -0.328 e. The number of nitrogens with zero attached hydrogens (tertiary/aromatic N) is 3. The third-order valence-corrected chi connectivity index (χ3v) is 2.39. The highest BCUT2D eigenvalue weighted by Gasteiger charge is 2.13. The zero-order valence-electron chi connectivity index (χ0n) is 8.57. The maximum atomic E-state index is 5.85. The van der Waals surface area contributed by atoms with E-state index in [4.69, 9.17) is 5.73 Å². The SMILES string of the molecule is CCC(Cc1cn(C)nn1)C(C)N. The van der Waals surface area contributed by atoms with Crippen LogP contribution < -0.4 is 5.73 Å². The number of hydrogen-bond donors (Lipinski definition) is 1. The van der Waals surface area contributed by atoms with Gasteiger partial charge in [-0.1, -0.05) is 18.6 Å². The summed E-state index contributed by atoms with van der Waals surface area (Å²) in [5.41, 5.74) is 6.88. The Kier molecular flexibility index (Phi) is 3.42. The van der Waals surface area contributed by atoms with Gasteiger partial charge in [-0.2, -0.15) is 0 Å². The van der Waals surface area contributed by atoms with Gasteiger partial charge in [0.2, 0.25) is 0 Å². The molecule has 2 N–H and O–H groups in total. The van der Waals surface area contributed by atoms with Gasteiger partial charge in [0.1, 0.15) is 0 Å². The molecule has 0 aliphatic rings. The van der Waals surface area contributed by atoms with Crippen molar-refractivity contribution in [2.75, 3.05) is 0 Å². The summed E-state index contributed by atoms with van der Waals surface area (Å²) in [4.78, 5) is 0. The van der Waals surface area contributed by atoms with Crippen LogP contribution in [0.1, 0.15) is 26.0 Å². The van der Waals surface area contributed by atoms with E-state index in [1.807, 2.05) is 20.2 Å². The van der Waals surface area contributed by atoms with Crippen molar-refractivity contribution in [2.45, 2.75) is 32.7 Å². The smallest absolute Gasteiger partial charge is 0.0830 e. The van der Waals surface area contributed by atoms with Crippen molar-refractivity contribution >= 4 is 0 Å². The second kappa shape index (κ2) is 4.37. The van der Waals surface area contributed by atoms with Crippen molar-refractivity contribution in [1.29, 1.82) is 0 Å². The minimum atomic E-state index is 0.229. The van der Waals surface area contributed by atoms with Crippen LogP contribution in [0.2, 0.25) is 0 Å². The summed E-state index contributed by atoms with van der Waals surface area (Å²) in [6, 6.07) is 0.229. The molecule has 1 heterocycles. The molecule has 1 rings (SSSR count). The molecule has 0 aliphatic carbocycles. The molecule has 74 valence electrons. The predicted molar refractivity (Wildman–Crippen MR) is 52.1 cm³/mol. The molecule has 4 nitrogen and oxygen atoms in total. The summed E-state index contributed by atoms with van der Waals surface area (Å²) in [6.07, 6.45) is 3.97. The van der Waals surface area contributed by atoms with E-state index in [1.165, 1.54) is 0 Å². The number of nitrogens with two attached hydrogens (primary N) is 1. The van der Waals surface area contributed by atoms with Gasteiger partial charge in [0.05, 0.1) is 5.69 Å². The van der Waals surface area contributed by atoms with E-state index in [1.54, 1.807) is 4.68 Å². The zero-order chi connectivity index (χ0) is 9.84. The van der Waals surface area contributed by atoms with Crippen molar-refractivity contribution in [2.24, 2.45) is 18.7 Å². The van der Waals surface area contributed by atoms with E-state index in [0.29, 0.717) is 5.92 Å². The van der Waals surface area contributed by atoms with Crippen LogP contribution in [0.25, 0.3) is 0 Å². The Hall–Kier alpha value is -0.900. The molecule has 2 atom stereocenters. The first-order valence-electron chi connectivity index (χ1n) is 4.74. The number of hydrogen-bond acceptors (Lipinski definition) is 3. The molecule has 2 unspecified atom stereocenters. The molecular formula is C9H18N4. The van der Waals surface area contributed by atoms with Crippen LogP contribution in [0.3, 0.4) is 0 Å². The van der Waals surface area contributed by atoms with Crippen molar-refractivity contribution in [3.05, 3.63) is 11.9 Å². The van der Waals surface area contributed by atoms with Gasteiger partial charge in [-0.15, -0.1) is 5.10 Å². The highest BCUT2D eigenvalue weighted by Crippen LogP contribution is 2.12. The van der Waals surface area contributed by atoms with Crippen LogP contribution in [-0.2, 0) is 13.5 Å². The highest BCUT2D eigenvalue weighted by atomic mass is 15.4. The van der Waals surface area contributed by atoms with Crippen LogP contribution in [0, 0.1) is 5.92 Å². The second-order valence-electron chi connectivity index (χ2n) is 3.62. The average molecular weight is 182 g/mol. The molecule has 0 bridgehead atoms. The fourth-order valence-corrected chi connectivity index (χ4v) is 1.46. The number of aromatic nitrogens is 3. The first-order valence-corrected chi connectivity index (χ1v) is 4.74. The van der Waals surface area contributed by atoms with Crippen LogP contribution in [0.5, 0.6) is 0 Å². The summed E-state index contributed by atoms with van der Waals surface area (Å²) in [7, 11) is 1.88. The lowest BCUT2D eigenvalue weighted by molar-refractivity contribution is 0.423. The van der Waals surface area contributed by atoms with E-state index >= 15 is 0 Å². The topological polar surface area (TPSA) is 56.7 Å². The lowest BCUT2D eigenvalue weighted by atomic mass is 9.94. The molecule has 4 heteroatoms. The molecule has 0 fully saturated rings. The van der Waals surface area contributed by atoms with Gasteiger partial charge >= 0.3 is 0 Å². The summed E-state index contributed by atoms with van der Waals surface area (Å²) in [5.74, 6) is 0.511. The zero-order valence-corrected chi connectivity index (χ0v) is 8.57. The Morgan fingerprint density at radius 1 is 1.62 bits per heavy atom. The molecular weight excluding hydrogens is 164 g/mol. The van der Waals surface area contributed by atoms with Crippen LogP contribution in [0.15, 0.2) is 6.20 Å². The monoisotopic (exact) mass is 182 g/mol. The van der Waals surface area contributed by atoms with Crippen LogP contribution >= 0.6 is 0 Å². The van der Waals surface area contributed by atoms with Gasteiger partial charge in [0, 0.05) is 19.3 Å². The Labute approximate surface area is 79.1 Å². The molecule has 0 saturated heterocycles. The molecule has 1 aromatic rings. The van der Waals surface area contributed by atoms with Crippen molar-refractivity contribution in [3.8, 4) is 0 Å². The Morgan fingerprint density at radius 3 is 2.69 bits per heavy atom. The molecule has 0 saturated carbocycles. The van der Waals surface area contributed by atoms with E-state index in [2.05, 4.69) is 17.2 Å². The van der Waals surface area contributed by atoms with Gasteiger partial charge < -0.3 is 5.73 Å². The van der Waals surface area contributed by atoms with E-state index in [-0.39, 0.29) is 6.04 Å². The molecule has 0 amide bonds. The third-order valence-electron chi connectivity index (χ3n) is 2.39. The number of aryl methyl sites for hydroxylation is 1. The second-order valence-corrected chi connectivity index (χ2v) is 3.62. The average Bonchev–Trinajstić information content (AvgIpc) is 2.46. The first kappa shape index (κ1) is 10.2. The maximum absolute atomic E-state index is 5.85. The fourth-order valence-electron chi connectivity index (χ4n) is 1.46. The summed E-state index contributed by atoms with van der Waals surface area (Å²) in [5, 5.41) is 7.93. The largest absolute Gasteiger partial charge is 0.328 e. The molecule has 0 spiro atoms. The van der Waals surface area contributed by atoms with E-state index in [9.17, 15) is 0 Å². The quantitative estimate of drug-likeness (QED) is 0.747. The molecule has 0 radical (unpaired) electrons. The van der Waals surface area contributed by atoms with Crippen molar-refractivity contribution < 1.29 is 0 Å². The van der Waals surface area contributed by atoms with E-state index < -0.39 is 0 Å². The van der Waals surface area contributed by atoms with Crippen LogP contribution in [0.4, 0.5) is 0 Å². The van der Waals surface area contributed by atoms with Gasteiger partial charge in [-0.3, -0.25) is 4.68 Å². The summed E-state index contributed by atoms with van der Waals surface area (Å²) >= 11 is 0. The van der Waals surface area contributed by atoms with Crippen molar-refractivity contribution in [3.63, 3.8) is 0 Å². The first-order chi connectivity index (χ1) is 6.13. The van der Waals surface area contributed by atoms with Gasteiger partial charge in [0.15, 0.2) is 0 Å². The lowest BCUT2D eigenvalue weighted by Gasteiger charge is -2.16. The summed E-state index contributed by atoms with van der Waals surface area (Å²) < 4.78 is 1.73.